The van der Waals surface area contributed by atoms with Crippen molar-refractivity contribution in [2.24, 2.45) is 0 Å². The van der Waals surface area contributed by atoms with Crippen molar-refractivity contribution >= 4 is 27.4 Å². The Morgan fingerprint density at radius 1 is 1.09 bits per heavy atom. The molecule has 0 aliphatic rings. The number of benzene rings is 2. The number of Topliss-reactive ketones (excluding diaryl/α,β-unsaturated/α-hetero) is 1. The molecule has 0 heterocycles. The Bertz CT molecular complexity index is 755. The van der Waals surface area contributed by atoms with Crippen LogP contribution in [0.15, 0.2) is 53.4 Å². The van der Waals surface area contributed by atoms with Gasteiger partial charge in [-0.2, -0.15) is 0 Å². The van der Waals surface area contributed by atoms with Gasteiger partial charge in [-0.1, -0.05) is 11.6 Å². The van der Waals surface area contributed by atoms with Crippen LogP contribution in [0.3, 0.4) is 0 Å². The summed E-state index contributed by atoms with van der Waals surface area (Å²) in [5.74, 6) is 0.290. The Morgan fingerprint density at radius 2 is 1.68 bits per heavy atom. The van der Waals surface area contributed by atoms with E-state index in [4.69, 9.17) is 16.3 Å². The summed E-state index contributed by atoms with van der Waals surface area (Å²) in [7, 11) is -2.22. The van der Waals surface area contributed by atoms with Gasteiger partial charge in [0.15, 0.2) is 5.78 Å². The summed E-state index contributed by atoms with van der Waals surface area (Å²) >= 11 is 5.71. The number of halogens is 1. The van der Waals surface area contributed by atoms with Gasteiger partial charge in [0, 0.05) is 10.6 Å². The van der Waals surface area contributed by atoms with Gasteiger partial charge in [-0.3, -0.25) is 4.79 Å². The maximum Gasteiger partial charge on any atom is 0.240 e. The van der Waals surface area contributed by atoms with Crippen LogP contribution in [0.4, 0.5) is 0 Å². The van der Waals surface area contributed by atoms with Crippen molar-refractivity contribution in [2.75, 3.05) is 13.7 Å². The number of rotatable bonds is 6. The Morgan fingerprint density at radius 3 is 2.23 bits per heavy atom. The molecule has 5 nitrogen and oxygen atoms in total. The molecule has 0 fully saturated rings. The highest BCUT2D eigenvalue weighted by Crippen LogP contribution is 2.14. The number of nitrogens with one attached hydrogen (secondary N) is 1. The lowest BCUT2D eigenvalue weighted by molar-refractivity contribution is 0.0997. The van der Waals surface area contributed by atoms with E-state index in [0.29, 0.717) is 16.3 Å². The van der Waals surface area contributed by atoms with Crippen molar-refractivity contribution in [1.82, 2.24) is 4.72 Å². The van der Waals surface area contributed by atoms with Gasteiger partial charge in [-0.25, -0.2) is 13.1 Å². The first-order valence-corrected chi connectivity index (χ1v) is 8.21. The van der Waals surface area contributed by atoms with Crippen molar-refractivity contribution in [3.05, 3.63) is 59.1 Å². The molecule has 0 saturated heterocycles. The summed E-state index contributed by atoms with van der Waals surface area (Å²) in [6, 6.07) is 12.1. The molecule has 0 saturated carbocycles. The molecular formula is C15H14ClNO4S. The molecule has 0 atom stereocenters. The molecular weight excluding hydrogens is 326 g/mol. The third-order valence-corrected chi connectivity index (χ3v) is 4.63. The molecule has 0 aliphatic heterocycles. The SMILES string of the molecule is COc1ccc(C(=O)CNS(=O)(=O)c2ccc(Cl)cc2)cc1. The molecule has 7 heteroatoms. The maximum atomic E-state index is 12.1. The summed E-state index contributed by atoms with van der Waals surface area (Å²) in [5.41, 5.74) is 0.402. The zero-order chi connectivity index (χ0) is 16.2. The van der Waals surface area contributed by atoms with Gasteiger partial charge in [0.05, 0.1) is 18.6 Å². The van der Waals surface area contributed by atoms with Gasteiger partial charge < -0.3 is 4.74 Å². The topological polar surface area (TPSA) is 72.5 Å². The van der Waals surface area contributed by atoms with Crippen LogP contribution in [0.2, 0.25) is 5.02 Å². The first kappa shape index (κ1) is 16.5. The first-order chi connectivity index (χ1) is 10.4. The lowest BCUT2D eigenvalue weighted by Gasteiger charge is -2.07. The molecule has 1 N–H and O–H groups in total. The van der Waals surface area contributed by atoms with E-state index in [9.17, 15) is 13.2 Å². The summed E-state index contributed by atoms with van der Waals surface area (Å²) in [6.07, 6.45) is 0. The molecule has 116 valence electrons. The van der Waals surface area contributed by atoms with E-state index >= 15 is 0 Å². The fourth-order valence-corrected chi connectivity index (χ4v) is 2.84. The monoisotopic (exact) mass is 339 g/mol. The number of hydrogen-bond acceptors (Lipinski definition) is 4. The molecule has 0 aliphatic carbocycles. The molecule has 22 heavy (non-hydrogen) atoms. The van der Waals surface area contributed by atoms with Gasteiger partial charge in [-0.15, -0.1) is 0 Å². The Kier molecular flexibility index (Phi) is 5.18. The Balaban J connectivity index is 2.04. The number of carbonyl (C=O) groups is 1. The lowest BCUT2D eigenvalue weighted by Crippen LogP contribution is -2.29. The number of ether oxygens (including phenoxy) is 1. The zero-order valence-corrected chi connectivity index (χ0v) is 13.3. The van der Waals surface area contributed by atoms with E-state index in [-0.39, 0.29) is 17.2 Å². The van der Waals surface area contributed by atoms with Crippen molar-refractivity contribution in [2.45, 2.75) is 4.90 Å². The predicted molar refractivity (Wildman–Crippen MR) is 84.0 cm³/mol. The standard InChI is InChI=1S/C15H14ClNO4S/c1-21-13-6-2-11(3-7-13)15(18)10-17-22(19,20)14-8-4-12(16)5-9-14/h2-9,17H,10H2,1H3. The summed E-state index contributed by atoms with van der Waals surface area (Å²) in [4.78, 5) is 12.0. The quantitative estimate of drug-likeness (QED) is 0.821. The molecule has 2 aromatic carbocycles. The molecule has 0 bridgehead atoms. The van der Waals surface area contributed by atoms with Gasteiger partial charge in [-0.05, 0) is 48.5 Å². The molecule has 0 radical (unpaired) electrons. The minimum Gasteiger partial charge on any atom is -0.497 e. The summed E-state index contributed by atoms with van der Waals surface area (Å²) in [6.45, 7) is -0.322. The highest BCUT2D eigenvalue weighted by molar-refractivity contribution is 7.89. The van der Waals surface area contributed by atoms with Crippen LogP contribution in [0.5, 0.6) is 5.75 Å². The maximum absolute atomic E-state index is 12.1. The van der Waals surface area contributed by atoms with Crippen molar-refractivity contribution in [3.8, 4) is 5.75 Å². The van der Waals surface area contributed by atoms with E-state index in [0.717, 1.165) is 0 Å². The van der Waals surface area contributed by atoms with Crippen LogP contribution >= 0.6 is 11.6 Å². The Labute approximate surface area is 133 Å². The normalized spacial score (nSPS) is 11.2. The minimum atomic E-state index is -3.75. The minimum absolute atomic E-state index is 0.0550. The average Bonchev–Trinajstić information content (AvgIpc) is 2.53. The van der Waals surface area contributed by atoms with Crippen LogP contribution in [0.1, 0.15) is 10.4 Å². The number of hydrogen-bond donors (Lipinski definition) is 1. The van der Waals surface area contributed by atoms with Crippen molar-refractivity contribution in [1.29, 1.82) is 0 Å². The number of sulfonamides is 1. The first-order valence-electron chi connectivity index (χ1n) is 6.35. The van der Waals surface area contributed by atoms with E-state index < -0.39 is 10.0 Å². The Hall–Kier alpha value is -1.89. The smallest absolute Gasteiger partial charge is 0.240 e. The fourth-order valence-electron chi connectivity index (χ4n) is 1.74. The highest BCUT2D eigenvalue weighted by Gasteiger charge is 2.16. The van der Waals surface area contributed by atoms with Gasteiger partial charge in [0.1, 0.15) is 5.75 Å². The third kappa shape index (κ3) is 4.07. The van der Waals surface area contributed by atoms with Gasteiger partial charge in [0.2, 0.25) is 10.0 Å². The molecule has 0 unspecified atom stereocenters. The van der Waals surface area contributed by atoms with Crippen LogP contribution < -0.4 is 9.46 Å². The predicted octanol–water partition coefficient (Wildman–Crippen LogP) is 2.51. The van der Waals surface area contributed by atoms with E-state index in [2.05, 4.69) is 4.72 Å². The van der Waals surface area contributed by atoms with Gasteiger partial charge in [0.25, 0.3) is 0 Å². The van der Waals surface area contributed by atoms with Crippen molar-refractivity contribution < 1.29 is 17.9 Å². The number of carbonyl (C=O) groups excluding carboxylic acids is 1. The van der Waals surface area contributed by atoms with E-state index in [1.165, 1.54) is 31.4 Å². The summed E-state index contributed by atoms with van der Waals surface area (Å²) < 4.78 is 31.4. The fraction of sp³-hybridized carbons (Fsp3) is 0.133. The molecule has 0 spiro atoms. The van der Waals surface area contributed by atoms with Gasteiger partial charge >= 0.3 is 0 Å². The molecule has 0 aromatic heterocycles. The average molecular weight is 340 g/mol. The second-order valence-electron chi connectivity index (χ2n) is 4.43. The highest BCUT2D eigenvalue weighted by atomic mass is 35.5. The molecule has 2 aromatic rings. The second-order valence-corrected chi connectivity index (χ2v) is 6.63. The van der Waals surface area contributed by atoms with E-state index in [1.54, 1.807) is 24.3 Å². The second kappa shape index (κ2) is 6.91. The van der Waals surface area contributed by atoms with Crippen LogP contribution in [-0.2, 0) is 10.0 Å². The lowest BCUT2D eigenvalue weighted by atomic mass is 10.1. The summed E-state index contributed by atoms with van der Waals surface area (Å²) in [5, 5.41) is 0.438. The number of ketones is 1. The number of methoxy groups -OCH3 is 1. The van der Waals surface area contributed by atoms with Crippen molar-refractivity contribution in [3.63, 3.8) is 0 Å². The van der Waals surface area contributed by atoms with Crippen LogP contribution in [0, 0.1) is 0 Å². The van der Waals surface area contributed by atoms with Crippen LogP contribution in [0.25, 0.3) is 0 Å². The largest absolute Gasteiger partial charge is 0.497 e. The molecule has 0 amide bonds. The van der Waals surface area contributed by atoms with E-state index in [1.807, 2.05) is 0 Å². The molecule has 2 rings (SSSR count). The zero-order valence-electron chi connectivity index (χ0n) is 11.7. The van der Waals surface area contributed by atoms with Crippen LogP contribution in [-0.4, -0.2) is 27.9 Å². The third-order valence-electron chi connectivity index (χ3n) is 2.96.